The predicted molar refractivity (Wildman–Crippen MR) is 74.1 cm³/mol. The highest BCUT2D eigenvalue weighted by Crippen LogP contribution is 2.53. The van der Waals surface area contributed by atoms with Gasteiger partial charge in [-0.05, 0) is 36.0 Å². The molecule has 1 aromatic rings. The molecule has 106 valence electrons. The second kappa shape index (κ2) is 4.85. The highest BCUT2D eigenvalue weighted by Gasteiger charge is 2.48. The molecule has 3 rings (SSSR count). The molecule has 4 nitrogen and oxygen atoms in total. The van der Waals surface area contributed by atoms with Crippen molar-refractivity contribution >= 4 is 5.97 Å². The summed E-state index contributed by atoms with van der Waals surface area (Å²) >= 11 is 0. The van der Waals surface area contributed by atoms with Crippen molar-refractivity contribution in [2.75, 3.05) is 14.2 Å². The minimum Gasteiger partial charge on any atom is -0.493 e. The van der Waals surface area contributed by atoms with Gasteiger partial charge in [-0.2, -0.15) is 0 Å². The summed E-state index contributed by atoms with van der Waals surface area (Å²) in [5.41, 5.74) is 1.02. The number of carboxylic acid groups (broad SMARTS) is 1. The van der Waals surface area contributed by atoms with E-state index in [9.17, 15) is 9.90 Å². The molecular formula is C16H18O4. The summed E-state index contributed by atoms with van der Waals surface area (Å²) in [5.74, 6) is 0.796. The molecule has 2 aliphatic carbocycles. The number of rotatable bonds is 4. The largest absolute Gasteiger partial charge is 0.493 e. The topological polar surface area (TPSA) is 55.8 Å². The molecule has 1 fully saturated rings. The molecule has 0 spiro atoms. The molecule has 4 unspecified atom stereocenters. The summed E-state index contributed by atoms with van der Waals surface area (Å²) in [6.45, 7) is 0. The number of carboxylic acids is 1. The Morgan fingerprint density at radius 3 is 2.50 bits per heavy atom. The standard InChI is InChI=1S/C16H18O4/c1-19-12-6-5-11(8-13(12)20-2)14-9-3-4-10(7-9)15(14)16(17)18/h3-6,8-10,14-15H,7H2,1-2H3,(H,17,18). The van der Waals surface area contributed by atoms with Crippen LogP contribution in [0.1, 0.15) is 17.9 Å². The maximum absolute atomic E-state index is 11.6. The van der Waals surface area contributed by atoms with Gasteiger partial charge in [0.15, 0.2) is 11.5 Å². The fourth-order valence-electron chi connectivity index (χ4n) is 3.67. The van der Waals surface area contributed by atoms with Crippen LogP contribution in [0.5, 0.6) is 11.5 Å². The van der Waals surface area contributed by atoms with Crippen molar-refractivity contribution in [1.29, 1.82) is 0 Å². The van der Waals surface area contributed by atoms with Crippen molar-refractivity contribution in [2.24, 2.45) is 17.8 Å². The van der Waals surface area contributed by atoms with E-state index >= 15 is 0 Å². The van der Waals surface area contributed by atoms with E-state index in [4.69, 9.17) is 9.47 Å². The molecule has 1 N–H and O–H groups in total. The summed E-state index contributed by atoms with van der Waals surface area (Å²) in [6, 6.07) is 5.72. The van der Waals surface area contributed by atoms with Gasteiger partial charge in [0.25, 0.3) is 0 Å². The van der Waals surface area contributed by atoms with Crippen molar-refractivity contribution in [3.8, 4) is 11.5 Å². The molecule has 1 saturated carbocycles. The second-order valence-electron chi connectivity index (χ2n) is 5.45. The molecule has 0 aromatic heterocycles. The number of aliphatic carboxylic acids is 1. The number of hydrogen-bond donors (Lipinski definition) is 1. The normalized spacial score (nSPS) is 30.5. The van der Waals surface area contributed by atoms with E-state index in [-0.39, 0.29) is 17.8 Å². The van der Waals surface area contributed by atoms with E-state index in [1.165, 1.54) is 0 Å². The van der Waals surface area contributed by atoms with Gasteiger partial charge >= 0.3 is 5.97 Å². The summed E-state index contributed by atoms with van der Waals surface area (Å²) in [6.07, 6.45) is 5.15. The van der Waals surface area contributed by atoms with Crippen molar-refractivity contribution in [3.05, 3.63) is 35.9 Å². The lowest BCUT2D eigenvalue weighted by atomic mass is 9.78. The van der Waals surface area contributed by atoms with E-state index in [2.05, 4.69) is 12.2 Å². The quantitative estimate of drug-likeness (QED) is 0.858. The average molecular weight is 274 g/mol. The highest BCUT2D eigenvalue weighted by molar-refractivity contribution is 5.73. The van der Waals surface area contributed by atoms with Gasteiger partial charge < -0.3 is 14.6 Å². The number of hydrogen-bond acceptors (Lipinski definition) is 3. The first kappa shape index (κ1) is 13.0. The van der Waals surface area contributed by atoms with Crippen molar-refractivity contribution < 1.29 is 19.4 Å². The van der Waals surface area contributed by atoms with Gasteiger partial charge in [0.1, 0.15) is 0 Å². The molecule has 0 saturated heterocycles. The van der Waals surface area contributed by atoms with E-state index in [1.807, 2.05) is 18.2 Å². The third kappa shape index (κ3) is 1.87. The van der Waals surface area contributed by atoms with Crippen LogP contribution in [-0.2, 0) is 4.79 Å². The Balaban J connectivity index is 2.00. The second-order valence-corrected chi connectivity index (χ2v) is 5.45. The maximum Gasteiger partial charge on any atom is 0.307 e. The van der Waals surface area contributed by atoms with Crippen LogP contribution in [0.3, 0.4) is 0 Å². The van der Waals surface area contributed by atoms with E-state index in [0.717, 1.165) is 12.0 Å². The van der Waals surface area contributed by atoms with Crippen LogP contribution >= 0.6 is 0 Å². The minimum absolute atomic E-state index is 0.0299. The predicted octanol–water partition coefficient (Wildman–Crippen LogP) is 2.69. The Hall–Kier alpha value is -1.97. The molecule has 4 atom stereocenters. The SMILES string of the molecule is COc1ccc(C2C3C=CC(C3)C2C(=O)O)cc1OC. The molecule has 2 aliphatic rings. The Bertz CT molecular complexity index is 564. The molecule has 0 amide bonds. The molecule has 0 radical (unpaired) electrons. The van der Waals surface area contributed by atoms with Gasteiger partial charge in [0.2, 0.25) is 0 Å². The van der Waals surface area contributed by atoms with Gasteiger partial charge in [-0.3, -0.25) is 4.79 Å². The summed E-state index contributed by atoms with van der Waals surface area (Å²) in [5, 5.41) is 9.50. The molecular weight excluding hydrogens is 256 g/mol. The number of allylic oxidation sites excluding steroid dienone is 2. The molecule has 0 aliphatic heterocycles. The molecule has 1 aromatic carbocycles. The lowest BCUT2D eigenvalue weighted by Gasteiger charge is -2.25. The van der Waals surface area contributed by atoms with Gasteiger partial charge in [0, 0.05) is 5.92 Å². The molecule has 2 bridgehead atoms. The number of carbonyl (C=O) groups is 1. The van der Waals surface area contributed by atoms with Crippen molar-refractivity contribution in [1.82, 2.24) is 0 Å². The highest BCUT2D eigenvalue weighted by atomic mass is 16.5. The summed E-state index contributed by atoms with van der Waals surface area (Å²) in [4.78, 5) is 11.6. The first-order chi connectivity index (χ1) is 9.65. The van der Waals surface area contributed by atoms with Crippen LogP contribution in [-0.4, -0.2) is 25.3 Å². The van der Waals surface area contributed by atoms with Crippen LogP contribution in [0.4, 0.5) is 0 Å². The zero-order valence-electron chi connectivity index (χ0n) is 11.6. The molecule has 4 heteroatoms. The minimum atomic E-state index is -0.707. The first-order valence-corrected chi connectivity index (χ1v) is 6.78. The third-order valence-corrected chi connectivity index (χ3v) is 4.54. The van der Waals surface area contributed by atoms with Crippen molar-refractivity contribution in [2.45, 2.75) is 12.3 Å². The summed E-state index contributed by atoms with van der Waals surface area (Å²) in [7, 11) is 3.19. The lowest BCUT2D eigenvalue weighted by molar-refractivity contribution is -0.143. The Labute approximate surface area is 118 Å². The lowest BCUT2D eigenvalue weighted by Crippen LogP contribution is -2.25. The monoisotopic (exact) mass is 274 g/mol. The van der Waals surface area contributed by atoms with E-state index in [0.29, 0.717) is 17.4 Å². The van der Waals surface area contributed by atoms with Gasteiger partial charge in [0.05, 0.1) is 20.1 Å². The zero-order valence-corrected chi connectivity index (χ0v) is 11.6. The number of fused-ring (bicyclic) bond motifs is 2. The number of benzene rings is 1. The van der Waals surface area contributed by atoms with Crippen LogP contribution in [0, 0.1) is 17.8 Å². The molecule has 0 heterocycles. The fraction of sp³-hybridized carbons (Fsp3) is 0.438. The van der Waals surface area contributed by atoms with Crippen molar-refractivity contribution in [3.63, 3.8) is 0 Å². The maximum atomic E-state index is 11.6. The molecule has 20 heavy (non-hydrogen) atoms. The van der Waals surface area contributed by atoms with Gasteiger partial charge in [-0.25, -0.2) is 0 Å². The van der Waals surface area contributed by atoms with Crippen LogP contribution in [0.15, 0.2) is 30.4 Å². The fourth-order valence-corrected chi connectivity index (χ4v) is 3.67. The summed E-state index contributed by atoms with van der Waals surface area (Å²) < 4.78 is 10.6. The number of ether oxygens (including phenoxy) is 2. The average Bonchev–Trinajstić information content (AvgIpc) is 3.06. The van der Waals surface area contributed by atoms with Crippen LogP contribution < -0.4 is 9.47 Å². The Kier molecular flexibility index (Phi) is 3.16. The Morgan fingerprint density at radius 1 is 1.15 bits per heavy atom. The van der Waals surface area contributed by atoms with Gasteiger partial charge in [-0.15, -0.1) is 0 Å². The van der Waals surface area contributed by atoms with Gasteiger partial charge in [-0.1, -0.05) is 18.2 Å². The smallest absolute Gasteiger partial charge is 0.307 e. The number of methoxy groups -OCH3 is 2. The van der Waals surface area contributed by atoms with Crippen LogP contribution in [0.2, 0.25) is 0 Å². The van der Waals surface area contributed by atoms with E-state index in [1.54, 1.807) is 14.2 Å². The van der Waals surface area contributed by atoms with E-state index < -0.39 is 5.97 Å². The zero-order chi connectivity index (χ0) is 14.3. The van der Waals surface area contributed by atoms with Crippen LogP contribution in [0.25, 0.3) is 0 Å². The Morgan fingerprint density at radius 2 is 1.85 bits per heavy atom. The third-order valence-electron chi connectivity index (χ3n) is 4.54. The first-order valence-electron chi connectivity index (χ1n) is 6.78.